The molecule has 2 aromatic carbocycles. The topological polar surface area (TPSA) is 38.3 Å². The minimum Gasteiger partial charge on any atom is -0.481 e. The lowest BCUT2D eigenvalue weighted by molar-refractivity contribution is -0.118. The van der Waals surface area contributed by atoms with Crippen molar-refractivity contribution in [2.45, 2.75) is 6.92 Å². The van der Waals surface area contributed by atoms with Crippen LogP contribution in [0.1, 0.15) is 5.56 Å². The van der Waals surface area contributed by atoms with Gasteiger partial charge in [0.2, 0.25) is 0 Å². The van der Waals surface area contributed by atoms with Crippen molar-refractivity contribution in [3.8, 4) is 16.9 Å². The fourth-order valence-corrected chi connectivity index (χ4v) is 2.18. The number of fused-ring (bicyclic) bond motifs is 1. The summed E-state index contributed by atoms with van der Waals surface area (Å²) in [5, 5.41) is 2.69. The van der Waals surface area contributed by atoms with Crippen LogP contribution in [-0.2, 0) is 4.79 Å². The predicted octanol–water partition coefficient (Wildman–Crippen LogP) is 3.13. The first-order valence-electron chi connectivity index (χ1n) is 5.97. The highest BCUT2D eigenvalue weighted by Gasteiger charge is 2.19. The van der Waals surface area contributed by atoms with Gasteiger partial charge in [-0.15, -0.1) is 0 Å². The molecule has 0 aliphatic carbocycles. The molecule has 1 aliphatic rings. The maximum absolute atomic E-state index is 14.1. The van der Waals surface area contributed by atoms with E-state index in [1.807, 2.05) is 31.2 Å². The van der Waals surface area contributed by atoms with Crippen LogP contribution in [0.15, 0.2) is 36.4 Å². The van der Waals surface area contributed by atoms with E-state index in [1.54, 1.807) is 6.07 Å². The lowest BCUT2D eigenvalue weighted by Gasteiger charge is -2.19. The number of amides is 1. The molecular weight excluding hydrogens is 245 g/mol. The summed E-state index contributed by atoms with van der Waals surface area (Å²) in [5.41, 5.74) is 2.76. The number of aryl methyl sites for hydroxylation is 1. The van der Waals surface area contributed by atoms with Gasteiger partial charge in [-0.25, -0.2) is 4.39 Å². The summed E-state index contributed by atoms with van der Waals surface area (Å²) in [5.74, 6) is -0.214. The maximum Gasteiger partial charge on any atom is 0.262 e. The van der Waals surface area contributed by atoms with Gasteiger partial charge in [-0.2, -0.15) is 0 Å². The molecule has 0 bridgehead atoms. The molecule has 0 radical (unpaired) electrons. The Morgan fingerprint density at radius 1 is 1.21 bits per heavy atom. The van der Waals surface area contributed by atoms with Crippen LogP contribution in [0.3, 0.4) is 0 Å². The van der Waals surface area contributed by atoms with Crippen molar-refractivity contribution in [3.63, 3.8) is 0 Å². The van der Waals surface area contributed by atoms with Gasteiger partial charge in [-0.1, -0.05) is 24.3 Å². The quantitative estimate of drug-likeness (QED) is 0.852. The number of hydrogen-bond acceptors (Lipinski definition) is 2. The van der Waals surface area contributed by atoms with Crippen LogP contribution in [0.25, 0.3) is 11.1 Å². The Bertz CT molecular complexity index is 667. The summed E-state index contributed by atoms with van der Waals surface area (Å²) in [6, 6.07) is 10.5. The Kier molecular flexibility index (Phi) is 2.71. The van der Waals surface area contributed by atoms with Crippen molar-refractivity contribution >= 4 is 11.6 Å². The van der Waals surface area contributed by atoms with Crippen molar-refractivity contribution in [2.75, 3.05) is 11.9 Å². The van der Waals surface area contributed by atoms with Gasteiger partial charge in [0.1, 0.15) is 11.6 Å². The number of nitrogens with one attached hydrogen (secondary N) is 1. The third kappa shape index (κ3) is 2.05. The third-order valence-electron chi connectivity index (χ3n) is 3.14. The van der Waals surface area contributed by atoms with Gasteiger partial charge in [0.05, 0.1) is 5.69 Å². The molecule has 3 nitrogen and oxygen atoms in total. The lowest BCUT2D eigenvalue weighted by atomic mass is 9.99. The standard InChI is InChI=1S/C15H12FNO2/c1-9-4-2-3-5-10(9)11-6-13-14(7-12(11)16)19-8-15(18)17-13/h2-7H,8H2,1H3,(H,17,18). The molecule has 4 heteroatoms. The summed E-state index contributed by atoms with van der Waals surface area (Å²) < 4.78 is 19.3. The zero-order chi connectivity index (χ0) is 13.4. The Hall–Kier alpha value is -2.36. The minimum atomic E-state index is -0.357. The highest BCUT2D eigenvalue weighted by Crippen LogP contribution is 2.36. The first-order valence-corrected chi connectivity index (χ1v) is 5.97. The van der Waals surface area contributed by atoms with Gasteiger partial charge in [-0.05, 0) is 24.1 Å². The normalized spacial score (nSPS) is 13.5. The first kappa shape index (κ1) is 11.7. The monoisotopic (exact) mass is 257 g/mol. The number of hydrogen-bond donors (Lipinski definition) is 1. The molecule has 0 saturated heterocycles. The molecule has 3 rings (SSSR count). The second kappa shape index (κ2) is 4.39. The Balaban J connectivity index is 2.15. The fourth-order valence-electron chi connectivity index (χ4n) is 2.18. The Labute approximate surface area is 110 Å². The molecule has 19 heavy (non-hydrogen) atoms. The summed E-state index contributed by atoms with van der Waals surface area (Å²) >= 11 is 0. The van der Waals surface area contributed by atoms with Crippen LogP contribution >= 0.6 is 0 Å². The zero-order valence-corrected chi connectivity index (χ0v) is 10.4. The summed E-state index contributed by atoms with van der Waals surface area (Å²) in [6.45, 7) is 1.85. The molecule has 1 aliphatic heterocycles. The van der Waals surface area contributed by atoms with E-state index >= 15 is 0 Å². The molecular formula is C15H12FNO2. The second-order valence-corrected chi connectivity index (χ2v) is 4.48. The van der Waals surface area contributed by atoms with Gasteiger partial charge < -0.3 is 10.1 Å². The molecule has 0 spiro atoms. The van der Waals surface area contributed by atoms with E-state index in [0.717, 1.165) is 11.1 Å². The number of halogens is 1. The number of carbonyl (C=O) groups is 1. The molecule has 0 aromatic heterocycles. The number of ether oxygens (including phenoxy) is 1. The molecule has 0 fully saturated rings. The smallest absolute Gasteiger partial charge is 0.262 e. The average Bonchev–Trinajstić information content (AvgIpc) is 2.39. The van der Waals surface area contributed by atoms with E-state index in [9.17, 15) is 9.18 Å². The summed E-state index contributed by atoms with van der Waals surface area (Å²) in [4.78, 5) is 11.3. The van der Waals surface area contributed by atoms with Crippen LogP contribution < -0.4 is 10.1 Å². The van der Waals surface area contributed by atoms with Crippen LogP contribution in [0.4, 0.5) is 10.1 Å². The second-order valence-electron chi connectivity index (χ2n) is 4.48. The van der Waals surface area contributed by atoms with E-state index < -0.39 is 0 Å². The zero-order valence-electron chi connectivity index (χ0n) is 10.4. The van der Waals surface area contributed by atoms with E-state index in [-0.39, 0.29) is 18.3 Å². The minimum absolute atomic E-state index is 0.0733. The molecule has 1 N–H and O–H groups in total. The maximum atomic E-state index is 14.1. The fraction of sp³-hybridized carbons (Fsp3) is 0.133. The van der Waals surface area contributed by atoms with E-state index in [2.05, 4.69) is 5.32 Å². The first-order chi connectivity index (χ1) is 9.15. The Morgan fingerprint density at radius 3 is 2.79 bits per heavy atom. The number of rotatable bonds is 1. The average molecular weight is 257 g/mol. The van der Waals surface area contributed by atoms with Crippen molar-refractivity contribution in [3.05, 3.63) is 47.8 Å². The van der Waals surface area contributed by atoms with E-state index in [0.29, 0.717) is 17.0 Å². The van der Waals surface area contributed by atoms with Gasteiger partial charge in [0.15, 0.2) is 6.61 Å². The number of carbonyl (C=O) groups excluding carboxylic acids is 1. The predicted molar refractivity (Wildman–Crippen MR) is 70.7 cm³/mol. The SMILES string of the molecule is Cc1ccccc1-c1cc2c(cc1F)OCC(=O)N2. The largest absolute Gasteiger partial charge is 0.481 e. The Morgan fingerprint density at radius 2 is 2.00 bits per heavy atom. The van der Waals surface area contributed by atoms with E-state index in [1.165, 1.54) is 6.07 Å². The summed E-state index contributed by atoms with van der Waals surface area (Å²) in [7, 11) is 0. The number of anilines is 1. The molecule has 0 unspecified atom stereocenters. The molecule has 0 atom stereocenters. The summed E-state index contributed by atoms with van der Waals surface area (Å²) in [6.07, 6.45) is 0. The van der Waals surface area contributed by atoms with Gasteiger partial charge in [0.25, 0.3) is 5.91 Å². The molecule has 1 heterocycles. The molecule has 96 valence electrons. The molecule has 1 amide bonds. The van der Waals surface area contributed by atoms with Crippen molar-refractivity contribution in [1.82, 2.24) is 0 Å². The van der Waals surface area contributed by atoms with Crippen LogP contribution in [0.5, 0.6) is 5.75 Å². The van der Waals surface area contributed by atoms with Gasteiger partial charge in [0, 0.05) is 11.6 Å². The van der Waals surface area contributed by atoms with Crippen LogP contribution in [0.2, 0.25) is 0 Å². The van der Waals surface area contributed by atoms with Crippen molar-refractivity contribution < 1.29 is 13.9 Å². The van der Waals surface area contributed by atoms with Crippen molar-refractivity contribution in [2.24, 2.45) is 0 Å². The highest BCUT2D eigenvalue weighted by atomic mass is 19.1. The van der Waals surface area contributed by atoms with Crippen LogP contribution in [0, 0.1) is 12.7 Å². The van der Waals surface area contributed by atoms with Crippen molar-refractivity contribution in [1.29, 1.82) is 0 Å². The van der Waals surface area contributed by atoms with E-state index in [4.69, 9.17) is 4.74 Å². The van der Waals surface area contributed by atoms with Gasteiger partial charge >= 0.3 is 0 Å². The van der Waals surface area contributed by atoms with Gasteiger partial charge in [-0.3, -0.25) is 4.79 Å². The molecule has 2 aromatic rings. The highest BCUT2D eigenvalue weighted by molar-refractivity contribution is 5.96. The van der Waals surface area contributed by atoms with Crippen LogP contribution in [-0.4, -0.2) is 12.5 Å². The third-order valence-corrected chi connectivity index (χ3v) is 3.14. The molecule has 0 saturated carbocycles. The lowest BCUT2D eigenvalue weighted by Crippen LogP contribution is -2.25. The number of benzene rings is 2.